The molecule has 2 N–H and O–H groups in total. The second-order valence-corrected chi connectivity index (χ2v) is 4.53. The van der Waals surface area contributed by atoms with Gasteiger partial charge in [0.15, 0.2) is 6.10 Å². The van der Waals surface area contributed by atoms with Gasteiger partial charge >= 0.3 is 0 Å². The number of hydrogen-bond donors (Lipinski definition) is 2. The molecule has 2 aromatic rings. The fraction of sp³-hybridized carbons (Fsp3) is 0.0667. The first kappa shape index (κ1) is 16.1. The average Bonchev–Trinajstić information content (AvgIpc) is 2.56. The minimum atomic E-state index is -1.38. The number of aliphatic hydroxyl groups is 1. The predicted octanol–water partition coefficient (Wildman–Crippen LogP) is 0.852. The SMILES string of the molecule is O=C(NN=Cc1ccc([O-])c([N+](=O)[O-])c1)C(O)c1ccccc1. The number of aliphatic hydroxyl groups excluding tert-OH is 1. The molecule has 0 heterocycles. The van der Waals surface area contributed by atoms with E-state index in [-0.39, 0.29) is 5.56 Å². The van der Waals surface area contributed by atoms with E-state index in [9.17, 15) is 25.1 Å². The van der Waals surface area contributed by atoms with E-state index in [4.69, 9.17) is 0 Å². The molecule has 0 aliphatic heterocycles. The molecule has 23 heavy (non-hydrogen) atoms. The van der Waals surface area contributed by atoms with Crippen molar-refractivity contribution in [3.63, 3.8) is 0 Å². The van der Waals surface area contributed by atoms with Crippen LogP contribution in [0.4, 0.5) is 5.69 Å². The molecule has 0 aliphatic rings. The second-order valence-electron chi connectivity index (χ2n) is 4.53. The third-order valence-corrected chi connectivity index (χ3v) is 2.93. The largest absolute Gasteiger partial charge is 0.868 e. The van der Waals surface area contributed by atoms with Gasteiger partial charge in [0.2, 0.25) is 0 Å². The quantitative estimate of drug-likeness (QED) is 0.480. The molecule has 8 nitrogen and oxygen atoms in total. The van der Waals surface area contributed by atoms with E-state index in [1.807, 2.05) is 0 Å². The second kappa shape index (κ2) is 7.14. The molecule has 2 aromatic carbocycles. The number of hydrogen-bond acceptors (Lipinski definition) is 6. The van der Waals surface area contributed by atoms with Crippen molar-refractivity contribution in [2.45, 2.75) is 6.10 Å². The van der Waals surface area contributed by atoms with Gasteiger partial charge in [-0.2, -0.15) is 5.10 Å². The summed E-state index contributed by atoms with van der Waals surface area (Å²) in [5.41, 5.74) is 2.22. The van der Waals surface area contributed by atoms with E-state index < -0.39 is 28.4 Å². The number of rotatable bonds is 5. The van der Waals surface area contributed by atoms with Crippen LogP contribution in [0.15, 0.2) is 53.6 Å². The number of nitrogens with zero attached hydrogens (tertiary/aromatic N) is 2. The molecular formula is C15H12N3O5-. The number of nitro groups is 1. The van der Waals surface area contributed by atoms with Crippen LogP contribution in [0, 0.1) is 10.1 Å². The fourth-order valence-electron chi connectivity index (χ4n) is 1.78. The van der Waals surface area contributed by atoms with Gasteiger partial charge in [-0.1, -0.05) is 42.5 Å². The number of hydrazone groups is 1. The first-order chi connectivity index (χ1) is 11.0. The van der Waals surface area contributed by atoms with Gasteiger partial charge in [-0.3, -0.25) is 14.9 Å². The molecule has 0 saturated carbocycles. The minimum Gasteiger partial charge on any atom is -0.868 e. The zero-order chi connectivity index (χ0) is 16.8. The van der Waals surface area contributed by atoms with E-state index in [0.717, 1.165) is 18.3 Å². The maximum Gasteiger partial charge on any atom is 0.273 e. The summed E-state index contributed by atoms with van der Waals surface area (Å²) in [4.78, 5) is 21.6. The van der Waals surface area contributed by atoms with Crippen LogP contribution in [-0.4, -0.2) is 22.2 Å². The number of carbonyl (C=O) groups is 1. The Morgan fingerprint density at radius 1 is 1.26 bits per heavy atom. The molecule has 0 spiro atoms. The van der Waals surface area contributed by atoms with E-state index in [0.29, 0.717) is 5.56 Å². The molecule has 118 valence electrons. The Morgan fingerprint density at radius 3 is 2.61 bits per heavy atom. The molecule has 2 rings (SSSR count). The van der Waals surface area contributed by atoms with E-state index in [1.54, 1.807) is 30.3 Å². The zero-order valence-corrected chi connectivity index (χ0v) is 11.7. The van der Waals surface area contributed by atoms with Gasteiger partial charge in [-0.05, 0) is 11.3 Å². The van der Waals surface area contributed by atoms with Crippen LogP contribution < -0.4 is 10.5 Å². The van der Waals surface area contributed by atoms with Crippen LogP contribution in [0.25, 0.3) is 0 Å². The minimum absolute atomic E-state index is 0.269. The van der Waals surface area contributed by atoms with Crippen molar-refractivity contribution < 1.29 is 19.9 Å². The standard InChI is InChI=1S/C15H13N3O5/c19-13-7-6-10(8-12(13)18(22)23)9-16-17-15(21)14(20)11-4-2-1-3-5-11/h1-9,14,19-20H,(H,17,21)/p-1. The van der Waals surface area contributed by atoms with Crippen molar-refractivity contribution in [3.8, 4) is 5.75 Å². The Kier molecular flexibility index (Phi) is 5.00. The highest BCUT2D eigenvalue weighted by molar-refractivity contribution is 5.85. The van der Waals surface area contributed by atoms with E-state index in [1.165, 1.54) is 6.07 Å². The van der Waals surface area contributed by atoms with Gasteiger partial charge in [0.25, 0.3) is 11.6 Å². The van der Waals surface area contributed by atoms with Gasteiger partial charge in [-0.15, -0.1) is 0 Å². The Balaban J connectivity index is 2.03. The van der Waals surface area contributed by atoms with Gasteiger partial charge in [-0.25, -0.2) is 5.43 Å². The van der Waals surface area contributed by atoms with Gasteiger partial charge in [0.05, 0.1) is 11.1 Å². The average molecular weight is 314 g/mol. The summed E-state index contributed by atoms with van der Waals surface area (Å²) < 4.78 is 0. The number of nitrogens with one attached hydrogen (secondary N) is 1. The van der Waals surface area contributed by atoms with Crippen LogP contribution in [-0.2, 0) is 4.79 Å². The van der Waals surface area contributed by atoms with Crippen LogP contribution in [0.1, 0.15) is 17.2 Å². The van der Waals surface area contributed by atoms with Crippen molar-refractivity contribution in [3.05, 3.63) is 69.8 Å². The Labute approximate surface area is 130 Å². The number of benzene rings is 2. The summed E-state index contributed by atoms with van der Waals surface area (Å²) in [6, 6.07) is 11.7. The zero-order valence-electron chi connectivity index (χ0n) is 11.7. The Morgan fingerprint density at radius 2 is 1.96 bits per heavy atom. The summed E-state index contributed by atoms with van der Waals surface area (Å²) in [5.74, 6) is -1.46. The van der Waals surface area contributed by atoms with Crippen molar-refractivity contribution in [2.24, 2.45) is 5.10 Å². The normalized spacial score (nSPS) is 12.0. The molecular weight excluding hydrogens is 302 g/mol. The van der Waals surface area contributed by atoms with Crippen molar-refractivity contribution in [2.75, 3.05) is 0 Å². The van der Waals surface area contributed by atoms with Crippen molar-refractivity contribution >= 4 is 17.8 Å². The van der Waals surface area contributed by atoms with Crippen molar-refractivity contribution in [1.29, 1.82) is 0 Å². The Hall–Kier alpha value is -3.26. The lowest BCUT2D eigenvalue weighted by Gasteiger charge is -2.08. The summed E-state index contributed by atoms with van der Waals surface area (Å²) in [7, 11) is 0. The topological polar surface area (TPSA) is 128 Å². The Bertz CT molecular complexity index is 746. The smallest absolute Gasteiger partial charge is 0.273 e. The van der Waals surface area contributed by atoms with Crippen LogP contribution >= 0.6 is 0 Å². The number of carbonyl (C=O) groups excluding carboxylic acids is 1. The number of nitro benzene ring substituents is 1. The fourth-order valence-corrected chi connectivity index (χ4v) is 1.78. The highest BCUT2D eigenvalue weighted by atomic mass is 16.6. The van der Waals surface area contributed by atoms with Crippen LogP contribution in [0.2, 0.25) is 0 Å². The molecule has 1 atom stereocenters. The molecule has 1 amide bonds. The molecule has 0 aromatic heterocycles. The molecule has 0 bridgehead atoms. The van der Waals surface area contributed by atoms with E-state index >= 15 is 0 Å². The lowest BCUT2D eigenvalue weighted by atomic mass is 10.1. The van der Waals surface area contributed by atoms with Crippen molar-refractivity contribution in [1.82, 2.24) is 5.43 Å². The van der Waals surface area contributed by atoms with Crippen LogP contribution in [0.3, 0.4) is 0 Å². The number of amides is 1. The maximum atomic E-state index is 11.7. The molecule has 0 radical (unpaired) electrons. The third kappa shape index (κ3) is 4.11. The summed E-state index contributed by atoms with van der Waals surface area (Å²) >= 11 is 0. The molecule has 0 fully saturated rings. The lowest BCUT2D eigenvalue weighted by Crippen LogP contribution is -2.25. The first-order valence-electron chi connectivity index (χ1n) is 6.50. The summed E-state index contributed by atoms with van der Waals surface area (Å²) in [6.45, 7) is 0. The molecule has 0 saturated heterocycles. The van der Waals surface area contributed by atoms with Gasteiger partial charge < -0.3 is 10.2 Å². The maximum absolute atomic E-state index is 11.7. The molecule has 8 heteroatoms. The molecule has 0 aliphatic carbocycles. The summed E-state index contributed by atoms with van der Waals surface area (Å²) in [6.07, 6.45) is -0.242. The monoisotopic (exact) mass is 314 g/mol. The van der Waals surface area contributed by atoms with Gasteiger partial charge in [0, 0.05) is 11.6 Å². The first-order valence-corrected chi connectivity index (χ1v) is 6.50. The highest BCUT2D eigenvalue weighted by Gasteiger charge is 2.16. The summed E-state index contributed by atoms with van der Waals surface area (Å²) in [5, 5.41) is 35.3. The highest BCUT2D eigenvalue weighted by Crippen LogP contribution is 2.22. The van der Waals surface area contributed by atoms with E-state index in [2.05, 4.69) is 10.5 Å². The predicted molar refractivity (Wildman–Crippen MR) is 79.7 cm³/mol. The lowest BCUT2D eigenvalue weighted by molar-refractivity contribution is -0.398. The van der Waals surface area contributed by atoms with Crippen LogP contribution in [0.5, 0.6) is 5.75 Å². The third-order valence-electron chi connectivity index (χ3n) is 2.93. The molecule has 1 unspecified atom stereocenters. The van der Waals surface area contributed by atoms with Gasteiger partial charge in [0.1, 0.15) is 0 Å².